The molecule has 0 aliphatic carbocycles. The van der Waals surface area contributed by atoms with Crippen molar-refractivity contribution < 1.29 is 9.53 Å². The molecule has 4 rings (SSSR count). The number of morpholine rings is 1. The predicted octanol–water partition coefficient (Wildman–Crippen LogP) is 2.86. The fourth-order valence-electron chi connectivity index (χ4n) is 3.62. The second-order valence-corrected chi connectivity index (χ2v) is 8.19. The van der Waals surface area contributed by atoms with Crippen LogP contribution in [0.15, 0.2) is 24.3 Å². The first-order valence-electron chi connectivity index (χ1n) is 9.37. The van der Waals surface area contributed by atoms with Crippen LogP contribution in [0.4, 0.5) is 5.13 Å². The van der Waals surface area contributed by atoms with E-state index in [4.69, 9.17) is 21.3 Å². The Morgan fingerprint density at radius 2 is 2.00 bits per heavy atom. The van der Waals surface area contributed by atoms with E-state index in [0.717, 1.165) is 47.5 Å². The van der Waals surface area contributed by atoms with E-state index in [1.165, 1.54) is 11.5 Å². The highest BCUT2D eigenvalue weighted by atomic mass is 35.5. The third-order valence-electron chi connectivity index (χ3n) is 5.10. The number of benzene rings is 1. The molecule has 0 spiro atoms. The maximum Gasteiger partial charge on any atom is 0.227 e. The number of piperidine rings is 1. The average Bonchev–Trinajstić information content (AvgIpc) is 3.18. The normalized spacial score (nSPS) is 20.7. The molecule has 3 heterocycles. The molecule has 8 heteroatoms. The summed E-state index contributed by atoms with van der Waals surface area (Å²) in [6, 6.07) is 7.77. The molecular formula is C19H23ClN4O2S. The lowest BCUT2D eigenvalue weighted by Gasteiger charge is -2.35. The van der Waals surface area contributed by atoms with Gasteiger partial charge in [-0.1, -0.05) is 23.7 Å². The van der Waals surface area contributed by atoms with Crippen molar-refractivity contribution in [2.75, 3.05) is 44.3 Å². The van der Waals surface area contributed by atoms with Crippen molar-refractivity contribution >= 4 is 34.2 Å². The monoisotopic (exact) mass is 406 g/mol. The topological polar surface area (TPSA) is 58.6 Å². The minimum absolute atomic E-state index is 0.0421. The van der Waals surface area contributed by atoms with Gasteiger partial charge in [-0.05, 0) is 30.5 Å². The van der Waals surface area contributed by atoms with Crippen molar-refractivity contribution in [1.82, 2.24) is 14.3 Å². The minimum Gasteiger partial charge on any atom is -0.378 e. The minimum atomic E-state index is 0.0421. The van der Waals surface area contributed by atoms with E-state index in [1.807, 2.05) is 29.2 Å². The van der Waals surface area contributed by atoms with Crippen LogP contribution in [-0.2, 0) is 16.0 Å². The van der Waals surface area contributed by atoms with Crippen molar-refractivity contribution in [2.24, 2.45) is 5.92 Å². The molecule has 2 fully saturated rings. The molecule has 1 aromatic carbocycles. The van der Waals surface area contributed by atoms with Crippen LogP contribution in [0.3, 0.4) is 0 Å². The van der Waals surface area contributed by atoms with Crippen molar-refractivity contribution in [3.63, 3.8) is 0 Å². The van der Waals surface area contributed by atoms with Gasteiger partial charge in [0.15, 0.2) is 0 Å². The summed E-state index contributed by atoms with van der Waals surface area (Å²) in [5, 5.41) is 1.65. The molecule has 1 atom stereocenters. The molecule has 0 bridgehead atoms. The highest BCUT2D eigenvalue weighted by Crippen LogP contribution is 2.26. The fraction of sp³-hybridized carbons (Fsp3) is 0.526. The molecule has 144 valence electrons. The Morgan fingerprint density at radius 1 is 1.22 bits per heavy atom. The van der Waals surface area contributed by atoms with Crippen LogP contribution < -0.4 is 4.90 Å². The molecular weight excluding hydrogens is 384 g/mol. The van der Waals surface area contributed by atoms with E-state index in [0.29, 0.717) is 32.7 Å². The Morgan fingerprint density at radius 3 is 2.78 bits per heavy atom. The Hall–Kier alpha value is -1.70. The zero-order chi connectivity index (χ0) is 18.6. The van der Waals surface area contributed by atoms with Crippen LogP contribution in [-0.4, -0.2) is 59.6 Å². The number of carbonyl (C=O) groups excluding carboxylic acids is 1. The SMILES string of the molecule is O=C(C1CCCN(c2nc(Cc3ccc(Cl)cc3)ns2)C1)N1CCOCC1. The number of hydrogen-bond acceptors (Lipinski definition) is 6. The summed E-state index contributed by atoms with van der Waals surface area (Å²) in [7, 11) is 0. The van der Waals surface area contributed by atoms with Crippen molar-refractivity contribution in [3.8, 4) is 0 Å². The van der Waals surface area contributed by atoms with Crippen LogP contribution in [0.2, 0.25) is 5.02 Å². The van der Waals surface area contributed by atoms with Crippen molar-refractivity contribution in [1.29, 1.82) is 0 Å². The Kier molecular flexibility index (Phi) is 5.90. The van der Waals surface area contributed by atoms with Crippen molar-refractivity contribution in [2.45, 2.75) is 19.3 Å². The van der Waals surface area contributed by atoms with Gasteiger partial charge in [0.2, 0.25) is 11.0 Å². The van der Waals surface area contributed by atoms with Crippen LogP contribution in [0.25, 0.3) is 0 Å². The summed E-state index contributed by atoms with van der Waals surface area (Å²) >= 11 is 7.36. The second kappa shape index (κ2) is 8.54. The van der Waals surface area contributed by atoms with Gasteiger partial charge in [-0.25, -0.2) is 4.98 Å². The van der Waals surface area contributed by atoms with Gasteiger partial charge >= 0.3 is 0 Å². The van der Waals surface area contributed by atoms with Gasteiger partial charge in [0.1, 0.15) is 5.82 Å². The molecule has 2 aromatic rings. The quantitative estimate of drug-likeness (QED) is 0.781. The van der Waals surface area contributed by atoms with Crippen LogP contribution >= 0.6 is 23.1 Å². The van der Waals surface area contributed by atoms with Gasteiger partial charge in [0.05, 0.1) is 19.1 Å². The number of anilines is 1. The Bertz CT molecular complexity index is 776. The van der Waals surface area contributed by atoms with E-state index in [1.54, 1.807) is 0 Å². The Balaban J connectivity index is 1.38. The smallest absolute Gasteiger partial charge is 0.227 e. The van der Waals surface area contributed by atoms with E-state index in [2.05, 4.69) is 9.27 Å². The lowest BCUT2D eigenvalue weighted by Crippen LogP contribution is -2.48. The van der Waals surface area contributed by atoms with E-state index in [9.17, 15) is 4.79 Å². The number of aromatic nitrogens is 2. The van der Waals surface area contributed by atoms with Crippen LogP contribution in [0, 0.1) is 5.92 Å². The maximum atomic E-state index is 12.8. The molecule has 0 saturated carbocycles. The fourth-order valence-corrected chi connectivity index (χ4v) is 4.47. The zero-order valence-electron chi connectivity index (χ0n) is 15.1. The van der Waals surface area contributed by atoms with Gasteiger partial charge in [0.25, 0.3) is 0 Å². The molecule has 1 aromatic heterocycles. The largest absolute Gasteiger partial charge is 0.378 e. The number of amides is 1. The molecule has 6 nitrogen and oxygen atoms in total. The van der Waals surface area contributed by atoms with Crippen LogP contribution in [0.5, 0.6) is 0 Å². The number of rotatable bonds is 4. The lowest BCUT2D eigenvalue weighted by molar-refractivity contribution is -0.139. The van der Waals surface area contributed by atoms with Gasteiger partial charge in [0, 0.05) is 49.2 Å². The van der Waals surface area contributed by atoms with Gasteiger partial charge in [-0.3, -0.25) is 4.79 Å². The maximum absolute atomic E-state index is 12.8. The first kappa shape index (κ1) is 18.7. The summed E-state index contributed by atoms with van der Waals surface area (Å²) in [6.07, 6.45) is 2.65. The molecule has 2 aliphatic rings. The third kappa shape index (κ3) is 4.59. The Labute approximate surface area is 168 Å². The second-order valence-electron chi connectivity index (χ2n) is 7.02. The third-order valence-corrected chi connectivity index (χ3v) is 6.16. The van der Waals surface area contributed by atoms with Crippen LogP contribution in [0.1, 0.15) is 24.2 Å². The van der Waals surface area contributed by atoms with E-state index >= 15 is 0 Å². The number of hydrogen-bond donors (Lipinski definition) is 0. The molecule has 2 saturated heterocycles. The number of halogens is 1. The summed E-state index contributed by atoms with van der Waals surface area (Å²) in [4.78, 5) is 21.7. The first-order valence-corrected chi connectivity index (χ1v) is 10.5. The highest BCUT2D eigenvalue weighted by molar-refractivity contribution is 7.09. The van der Waals surface area contributed by atoms with Gasteiger partial charge in [-0.2, -0.15) is 4.37 Å². The lowest BCUT2D eigenvalue weighted by atomic mass is 9.96. The molecule has 2 aliphatic heterocycles. The summed E-state index contributed by atoms with van der Waals surface area (Å²) in [5.74, 6) is 1.12. The summed E-state index contributed by atoms with van der Waals surface area (Å²) < 4.78 is 9.87. The average molecular weight is 407 g/mol. The number of carbonyl (C=O) groups is 1. The van der Waals surface area contributed by atoms with E-state index < -0.39 is 0 Å². The number of ether oxygens (including phenoxy) is 1. The van der Waals surface area contributed by atoms with Gasteiger partial charge in [-0.15, -0.1) is 0 Å². The molecule has 1 amide bonds. The number of nitrogens with zero attached hydrogens (tertiary/aromatic N) is 4. The first-order chi connectivity index (χ1) is 13.2. The standard InChI is InChI=1S/C19H23ClN4O2S/c20-16-5-3-14(4-6-16)12-17-21-19(27-22-17)24-7-1-2-15(13-24)18(25)23-8-10-26-11-9-23/h3-6,15H,1-2,7-13H2. The van der Waals surface area contributed by atoms with Crippen molar-refractivity contribution in [3.05, 3.63) is 40.7 Å². The predicted molar refractivity (Wildman–Crippen MR) is 107 cm³/mol. The summed E-state index contributed by atoms with van der Waals surface area (Å²) in [6.45, 7) is 4.37. The molecule has 1 unspecified atom stereocenters. The summed E-state index contributed by atoms with van der Waals surface area (Å²) in [5.41, 5.74) is 1.14. The van der Waals surface area contributed by atoms with Gasteiger partial charge < -0.3 is 14.5 Å². The molecule has 0 radical (unpaired) electrons. The zero-order valence-corrected chi connectivity index (χ0v) is 16.7. The van der Waals surface area contributed by atoms with E-state index in [-0.39, 0.29) is 11.8 Å². The molecule has 27 heavy (non-hydrogen) atoms. The molecule has 0 N–H and O–H groups in total. The highest BCUT2D eigenvalue weighted by Gasteiger charge is 2.31.